The summed E-state index contributed by atoms with van der Waals surface area (Å²) >= 11 is 12.9. The second-order valence-corrected chi connectivity index (χ2v) is 9.80. The van der Waals surface area contributed by atoms with E-state index < -0.39 is 12.0 Å². The number of anilines is 1. The largest absolute Gasteiger partial charge is 0.488 e. The van der Waals surface area contributed by atoms with Gasteiger partial charge in [-0.1, -0.05) is 59.6 Å². The highest BCUT2D eigenvalue weighted by Crippen LogP contribution is 2.36. The maximum absolute atomic E-state index is 11.1. The molecule has 0 aliphatic heterocycles. The zero-order valence-electron chi connectivity index (χ0n) is 20.6. The summed E-state index contributed by atoms with van der Waals surface area (Å²) in [5.74, 6) is -0.0914. The smallest absolute Gasteiger partial charge is 0.320 e. The van der Waals surface area contributed by atoms with Crippen LogP contribution >= 0.6 is 23.2 Å². The Balaban J connectivity index is 1.52. The standard InChI is InChI=1S/C29H28Cl2N2O4/c1-33(2)23-9-10-27(36-16-18-7-8-20-5-3-4-6-21(20)11-18)22(15-23)17-37-28-24(30)12-19(13-25(28)31)14-26(32)29(34)35/h3-13,15,26H,14,16-17,32H2,1-2H3,(H,34,35). The summed E-state index contributed by atoms with van der Waals surface area (Å²) in [5, 5.41) is 12.0. The van der Waals surface area contributed by atoms with Crippen LogP contribution in [0.15, 0.2) is 72.8 Å². The molecule has 1 atom stereocenters. The van der Waals surface area contributed by atoms with Gasteiger partial charge in [-0.25, -0.2) is 0 Å². The molecule has 0 amide bonds. The van der Waals surface area contributed by atoms with Gasteiger partial charge in [0.2, 0.25) is 0 Å². The van der Waals surface area contributed by atoms with Gasteiger partial charge in [0.25, 0.3) is 0 Å². The molecule has 1 unspecified atom stereocenters. The Morgan fingerprint density at radius 2 is 1.59 bits per heavy atom. The number of ether oxygens (including phenoxy) is 2. The van der Waals surface area contributed by atoms with Crippen LogP contribution in [-0.2, 0) is 24.4 Å². The Bertz CT molecular complexity index is 1400. The zero-order chi connectivity index (χ0) is 26.5. The fourth-order valence-corrected chi connectivity index (χ4v) is 4.59. The molecule has 37 heavy (non-hydrogen) atoms. The lowest BCUT2D eigenvalue weighted by molar-refractivity contribution is -0.138. The maximum Gasteiger partial charge on any atom is 0.320 e. The van der Waals surface area contributed by atoms with Crippen LogP contribution in [0.1, 0.15) is 16.7 Å². The van der Waals surface area contributed by atoms with E-state index in [2.05, 4.69) is 30.3 Å². The number of benzene rings is 4. The first-order valence-electron chi connectivity index (χ1n) is 11.7. The molecule has 3 N–H and O–H groups in total. The number of carbonyl (C=O) groups is 1. The summed E-state index contributed by atoms with van der Waals surface area (Å²) in [5.41, 5.74) is 9.14. The third-order valence-corrected chi connectivity index (χ3v) is 6.53. The molecular weight excluding hydrogens is 511 g/mol. The van der Waals surface area contributed by atoms with Gasteiger partial charge in [-0.3, -0.25) is 4.79 Å². The van der Waals surface area contributed by atoms with Gasteiger partial charge >= 0.3 is 5.97 Å². The monoisotopic (exact) mass is 538 g/mol. The summed E-state index contributed by atoms with van der Waals surface area (Å²) in [6.45, 7) is 0.571. The van der Waals surface area contributed by atoms with Gasteiger partial charge in [-0.15, -0.1) is 0 Å². The van der Waals surface area contributed by atoms with Gasteiger partial charge in [0.15, 0.2) is 5.75 Å². The van der Waals surface area contributed by atoms with E-state index in [0.717, 1.165) is 22.2 Å². The molecule has 8 heteroatoms. The van der Waals surface area contributed by atoms with Crippen LogP contribution in [0.5, 0.6) is 11.5 Å². The summed E-state index contributed by atoms with van der Waals surface area (Å²) in [6, 6.07) is 22.6. The molecule has 4 aromatic rings. The molecule has 0 fully saturated rings. The number of halogens is 2. The number of carboxylic acid groups (broad SMARTS) is 1. The highest BCUT2D eigenvalue weighted by Gasteiger charge is 2.17. The number of nitrogens with two attached hydrogens (primary N) is 1. The number of rotatable bonds is 10. The van der Waals surface area contributed by atoms with Crippen molar-refractivity contribution in [1.29, 1.82) is 0 Å². The van der Waals surface area contributed by atoms with E-state index in [9.17, 15) is 4.79 Å². The average Bonchev–Trinajstić information content (AvgIpc) is 2.87. The first-order chi connectivity index (χ1) is 17.7. The number of carboxylic acids is 1. The first-order valence-corrected chi connectivity index (χ1v) is 12.5. The maximum atomic E-state index is 11.1. The molecule has 0 aliphatic carbocycles. The van der Waals surface area contributed by atoms with Crippen molar-refractivity contribution >= 4 is 45.6 Å². The fourth-order valence-electron chi connectivity index (χ4n) is 3.95. The SMILES string of the molecule is CN(C)c1ccc(OCc2ccc3ccccc3c2)c(COc2c(Cl)cc(CC(N)C(=O)O)cc2Cl)c1. The van der Waals surface area contributed by atoms with Crippen molar-refractivity contribution in [2.24, 2.45) is 5.73 Å². The number of hydrogen-bond donors (Lipinski definition) is 2. The molecule has 192 valence electrons. The molecule has 0 bridgehead atoms. The number of nitrogens with zero attached hydrogens (tertiary/aromatic N) is 1. The molecule has 0 spiro atoms. The number of fused-ring (bicyclic) bond motifs is 1. The lowest BCUT2D eigenvalue weighted by atomic mass is 10.1. The third-order valence-electron chi connectivity index (χ3n) is 5.97. The van der Waals surface area contributed by atoms with Crippen molar-refractivity contribution in [1.82, 2.24) is 0 Å². The van der Waals surface area contributed by atoms with E-state index in [1.807, 2.05) is 49.3 Å². The van der Waals surface area contributed by atoms with Gasteiger partial charge in [-0.05, 0) is 64.7 Å². The number of hydrogen-bond acceptors (Lipinski definition) is 5. The van der Waals surface area contributed by atoms with Crippen LogP contribution in [-0.4, -0.2) is 31.2 Å². The van der Waals surface area contributed by atoms with Gasteiger partial charge in [0.1, 0.15) is 25.0 Å². The van der Waals surface area contributed by atoms with Crippen LogP contribution in [0.25, 0.3) is 10.8 Å². The van der Waals surface area contributed by atoms with E-state index in [-0.39, 0.29) is 23.1 Å². The molecule has 0 aromatic heterocycles. The lowest BCUT2D eigenvalue weighted by Gasteiger charge is -2.19. The second-order valence-electron chi connectivity index (χ2n) is 8.98. The Kier molecular flexibility index (Phi) is 8.44. The Morgan fingerprint density at radius 3 is 2.27 bits per heavy atom. The van der Waals surface area contributed by atoms with Gasteiger partial charge in [-0.2, -0.15) is 0 Å². The van der Waals surface area contributed by atoms with E-state index in [4.69, 9.17) is 43.5 Å². The van der Waals surface area contributed by atoms with Crippen molar-refractivity contribution in [2.45, 2.75) is 25.7 Å². The van der Waals surface area contributed by atoms with Crippen LogP contribution in [0.4, 0.5) is 5.69 Å². The van der Waals surface area contributed by atoms with E-state index in [1.165, 1.54) is 5.39 Å². The molecule has 6 nitrogen and oxygen atoms in total. The zero-order valence-corrected chi connectivity index (χ0v) is 22.1. The molecule has 0 saturated heterocycles. The summed E-state index contributed by atoms with van der Waals surface area (Å²) in [4.78, 5) is 13.1. The Labute approximate surface area is 226 Å². The molecule has 0 radical (unpaired) electrons. The Morgan fingerprint density at radius 1 is 0.892 bits per heavy atom. The lowest BCUT2D eigenvalue weighted by Crippen LogP contribution is -2.32. The fraction of sp³-hybridized carbons (Fsp3) is 0.207. The summed E-state index contributed by atoms with van der Waals surface area (Å²) in [6.07, 6.45) is 0.104. The predicted octanol–water partition coefficient (Wildman–Crippen LogP) is 6.33. The van der Waals surface area contributed by atoms with Crippen molar-refractivity contribution < 1.29 is 19.4 Å². The second kappa shape index (κ2) is 11.7. The minimum atomic E-state index is -1.09. The molecule has 0 saturated carbocycles. The number of aliphatic carboxylic acids is 1. The van der Waals surface area contributed by atoms with Gasteiger partial charge < -0.3 is 25.2 Å². The highest BCUT2D eigenvalue weighted by atomic mass is 35.5. The molecule has 4 aromatic carbocycles. The van der Waals surface area contributed by atoms with Crippen LogP contribution < -0.4 is 20.1 Å². The van der Waals surface area contributed by atoms with E-state index in [0.29, 0.717) is 23.7 Å². The molecule has 0 heterocycles. The van der Waals surface area contributed by atoms with Crippen LogP contribution in [0, 0.1) is 0 Å². The van der Waals surface area contributed by atoms with E-state index in [1.54, 1.807) is 12.1 Å². The molecule has 4 rings (SSSR count). The Hall–Kier alpha value is -3.45. The van der Waals surface area contributed by atoms with Gasteiger partial charge in [0, 0.05) is 25.3 Å². The topological polar surface area (TPSA) is 85.0 Å². The van der Waals surface area contributed by atoms with Crippen molar-refractivity contribution in [2.75, 3.05) is 19.0 Å². The molecular formula is C29H28Cl2N2O4. The quantitative estimate of drug-likeness (QED) is 0.245. The minimum Gasteiger partial charge on any atom is -0.488 e. The van der Waals surface area contributed by atoms with Crippen molar-refractivity contribution in [3.05, 3.63) is 99.5 Å². The van der Waals surface area contributed by atoms with Gasteiger partial charge in [0.05, 0.1) is 10.0 Å². The van der Waals surface area contributed by atoms with E-state index >= 15 is 0 Å². The molecule has 0 aliphatic rings. The first kappa shape index (κ1) is 26.6. The normalized spacial score (nSPS) is 11.8. The summed E-state index contributed by atoms with van der Waals surface area (Å²) < 4.78 is 12.2. The third kappa shape index (κ3) is 6.66. The highest BCUT2D eigenvalue weighted by molar-refractivity contribution is 6.37. The predicted molar refractivity (Wildman–Crippen MR) is 149 cm³/mol. The van der Waals surface area contributed by atoms with Crippen molar-refractivity contribution in [3.8, 4) is 11.5 Å². The van der Waals surface area contributed by atoms with Crippen LogP contribution in [0.2, 0.25) is 10.0 Å². The van der Waals surface area contributed by atoms with Crippen molar-refractivity contribution in [3.63, 3.8) is 0 Å². The minimum absolute atomic E-state index is 0.104. The summed E-state index contributed by atoms with van der Waals surface area (Å²) in [7, 11) is 3.92. The van der Waals surface area contributed by atoms with Crippen LogP contribution in [0.3, 0.4) is 0 Å². The average molecular weight is 539 g/mol.